The third-order valence-corrected chi connectivity index (χ3v) is 3.35. The van der Waals surface area contributed by atoms with Crippen LogP contribution in [0.5, 0.6) is 5.75 Å². The fraction of sp³-hybridized carbons (Fsp3) is 0.467. The zero-order valence-corrected chi connectivity index (χ0v) is 11.6. The molecule has 0 spiro atoms. The first kappa shape index (κ1) is 14.4. The highest BCUT2D eigenvalue weighted by Gasteiger charge is 2.31. The Bertz CT molecular complexity index is 504. The van der Waals surface area contributed by atoms with Crippen LogP contribution in [0.15, 0.2) is 24.3 Å². The van der Waals surface area contributed by atoms with E-state index < -0.39 is 0 Å². The van der Waals surface area contributed by atoms with Crippen LogP contribution < -0.4 is 10.1 Å². The van der Waals surface area contributed by atoms with Crippen LogP contribution in [-0.2, 0) is 4.79 Å². The Morgan fingerprint density at radius 2 is 2.25 bits per heavy atom. The SMILES string of the molecule is CCNC(=O)C1CN(CCOc2ccccc2C#N)C1. The second kappa shape index (κ2) is 6.92. The van der Waals surface area contributed by atoms with Gasteiger partial charge in [-0.3, -0.25) is 9.69 Å². The smallest absolute Gasteiger partial charge is 0.225 e. The van der Waals surface area contributed by atoms with Crippen LogP contribution in [0.25, 0.3) is 0 Å². The number of hydrogen-bond donors (Lipinski definition) is 1. The number of carbonyl (C=O) groups excluding carboxylic acids is 1. The number of hydrogen-bond acceptors (Lipinski definition) is 4. The van der Waals surface area contributed by atoms with Crippen molar-refractivity contribution in [3.05, 3.63) is 29.8 Å². The lowest BCUT2D eigenvalue weighted by Gasteiger charge is -2.37. The van der Waals surface area contributed by atoms with Gasteiger partial charge in [-0.05, 0) is 19.1 Å². The van der Waals surface area contributed by atoms with E-state index >= 15 is 0 Å². The van der Waals surface area contributed by atoms with Crippen LogP contribution in [0.2, 0.25) is 0 Å². The molecule has 0 saturated carbocycles. The van der Waals surface area contributed by atoms with Crippen molar-refractivity contribution in [2.24, 2.45) is 5.92 Å². The fourth-order valence-corrected chi connectivity index (χ4v) is 2.21. The van der Waals surface area contributed by atoms with Crippen LogP contribution in [0.3, 0.4) is 0 Å². The van der Waals surface area contributed by atoms with Gasteiger partial charge in [-0.25, -0.2) is 0 Å². The third-order valence-electron chi connectivity index (χ3n) is 3.35. The minimum atomic E-state index is 0.112. The molecule has 1 aromatic carbocycles. The number of para-hydroxylation sites is 1. The van der Waals surface area contributed by atoms with E-state index in [-0.39, 0.29) is 11.8 Å². The van der Waals surface area contributed by atoms with Gasteiger partial charge in [0.2, 0.25) is 5.91 Å². The van der Waals surface area contributed by atoms with Crippen molar-refractivity contribution in [2.75, 3.05) is 32.8 Å². The molecule has 0 bridgehead atoms. The summed E-state index contributed by atoms with van der Waals surface area (Å²) in [6.07, 6.45) is 0. The molecule has 0 radical (unpaired) electrons. The van der Waals surface area contributed by atoms with E-state index in [4.69, 9.17) is 10.00 Å². The van der Waals surface area contributed by atoms with Crippen LogP contribution in [0.4, 0.5) is 0 Å². The Morgan fingerprint density at radius 1 is 1.50 bits per heavy atom. The Balaban J connectivity index is 1.68. The van der Waals surface area contributed by atoms with Gasteiger partial charge in [-0.15, -0.1) is 0 Å². The third kappa shape index (κ3) is 3.49. The van der Waals surface area contributed by atoms with Crippen LogP contribution in [0.1, 0.15) is 12.5 Å². The second-order valence-corrected chi connectivity index (χ2v) is 4.81. The zero-order chi connectivity index (χ0) is 14.4. The van der Waals surface area contributed by atoms with Crippen molar-refractivity contribution in [1.29, 1.82) is 5.26 Å². The normalized spacial score (nSPS) is 15.2. The molecule has 0 aromatic heterocycles. The molecule has 1 heterocycles. The molecule has 0 atom stereocenters. The lowest BCUT2D eigenvalue weighted by Crippen LogP contribution is -2.54. The predicted molar refractivity (Wildman–Crippen MR) is 75.3 cm³/mol. The zero-order valence-electron chi connectivity index (χ0n) is 11.6. The van der Waals surface area contributed by atoms with Crippen molar-refractivity contribution in [3.63, 3.8) is 0 Å². The number of nitrogens with one attached hydrogen (secondary N) is 1. The fourth-order valence-electron chi connectivity index (χ4n) is 2.21. The molecular formula is C15H19N3O2. The number of nitrogens with zero attached hydrogens (tertiary/aromatic N) is 2. The highest BCUT2D eigenvalue weighted by Crippen LogP contribution is 2.18. The summed E-state index contributed by atoms with van der Waals surface area (Å²) in [7, 11) is 0. The molecule has 1 aliphatic rings. The van der Waals surface area contributed by atoms with E-state index in [9.17, 15) is 4.79 Å². The van der Waals surface area contributed by atoms with Crippen LogP contribution in [-0.4, -0.2) is 43.6 Å². The maximum Gasteiger partial charge on any atom is 0.225 e. The maximum absolute atomic E-state index is 11.5. The first-order valence-corrected chi connectivity index (χ1v) is 6.86. The topological polar surface area (TPSA) is 65.4 Å². The van der Waals surface area contributed by atoms with Crippen LogP contribution in [0, 0.1) is 17.2 Å². The average Bonchev–Trinajstić information content (AvgIpc) is 2.41. The van der Waals surface area contributed by atoms with Gasteiger partial charge < -0.3 is 10.1 Å². The first-order valence-electron chi connectivity index (χ1n) is 6.86. The van der Waals surface area contributed by atoms with Gasteiger partial charge in [0.05, 0.1) is 11.5 Å². The standard InChI is InChI=1S/C15H19N3O2/c1-2-17-15(19)13-10-18(11-13)7-8-20-14-6-4-3-5-12(14)9-16/h3-6,13H,2,7-8,10-11H2,1H3,(H,17,19). The summed E-state index contributed by atoms with van der Waals surface area (Å²) < 4.78 is 5.61. The molecule has 1 amide bonds. The highest BCUT2D eigenvalue weighted by molar-refractivity contribution is 5.79. The van der Waals surface area contributed by atoms with Gasteiger partial charge >= 0.3 is 0 Å². The van der Waals surface area contributed by atoms with E-state index in [1.165, 1.54) is 0 Å². The number of carbonyl (C=O) groups is 1. The Labute approximate surface area is 119 Å². The number of ether oxygens (including phenoxy) is 1. The molecular weight excluding hydrogens is 254 g/mol. The van der Waals surface area contributed by atoms with Crippen molar-refractivity contribution in [2.45, 2.75) is 6.92 Å². The minimum Gasteiger partial charge on any atom is -0.491 e. The van der Waals surface area contributed by atoms with Gasteiger partial charge in [-0.1, -0.05) is 12.1 Å². The Morgan fingerprint density at radius 3 is 2.95 bits per heavy atom. The largest absolute Gasteiger partial charge is 0.491 e. The van der Waals surface area contributed by atoms with E-state index in [0.717, 1.165) is 19.6 Å². The molecule has 5 heteroatoms. The Kier molecular flexibility index (Phi) is 4.97. The predicted octanol–water partition coefficient (Wildman–Crippen LogP) is 1.00. The molecule has 1 aliphatic heterocycles. The molecule has 1 fully saturated rings. The summed E-state index contributed by atoms with van der Waals surface area (Å²) in [5, 5.41) is 11.8. The summed E-state index contributed by atoms with van der Waals surface area (Å²) in [5.41, 5.74) is 0.552. The highest BCUT2D eigenvalue weighted by atomic mass is 16.5. The number of rotatable bonds is 6. The van der Waals surface area contributed by atoms with Gasteiger partial charge in [0.1, 0.15) is 18.4 Å². The van der Waals surface area contributed by atoms with E-state index in [1.807, 2.05) is 19.1 Å². The van der Waals surface area contributed by atoms with Gasteiger partial charge in [0, 0.05) is 26.2 Å². The summed E-state index contributed by atoms with van der Waals surface area (Å²) in [5.74, 6) is 0.872. The number of amides is 1. The van der Waals surface area contributed by atoms with Gasteiger partial charge in [0.15, 0.2) is 0 Å². The molecule has 0 unspecified atom stereocenters. The quantitative estimate of drug-likeness (QED) is 0.840. The molecule has 2 rings (SSSR count). The van der Waals surface area contributed by atoms with Crippen molar-refractivity contribution in [1.82, 2.24) is 10.2 Å². The second-order valence-electron chi connectivity index (χ2n) is 4.81. The van der Waals surface area contributed by atoms with Gasteiger partial charge in [0.25, 0.3) is 0 Å². The Hall–Kier alpha value is -2.06. The van der Waals surface area contributed by atoms with E-state index in [2.05, 4.69) is 16.3 Å². The first-order chi connectivity index (χ1) is 9.74. The lowest BCUT2D eigenvalue weighted by atomic mass is 9.99. The minimum absolute atomic E-state index is 0.112. The van der Waals surface area contributed by atoms with Gasteiger partial charge in [-0.2, -0.15) is 5.26 Å². The monoisotopic (exact) mass is 273 g/mol. The molecule has 1 saturated heterocycles. The summed E-state index contributed by atoms with van der Waals surface area (Å²) in [6, 6.07) is 9.31. The average molecular weight is 273 g/mol. The molecule has 0 aliphatic carbocycles. The lowest BCUT2D eigenvalue weighted by molar-refractivity contribution is -0.130. The van der Waals surface area contributed by atoms with Crippen molar-refractivity contribution >= 4 is 5.91 Å². The van der Waals surface area contributed by atoms with Crippen molar-refractivity contribution in [3.8, 4) is 11.8 Å². The van der Waals surface area contributed by atoms with E-state index in [0.29, 0.717) is 24.5 Å². The maximum atomic E-state index is 11.5. The molecule has 1 aromatic rings. The summed E-state index contributed by atoms with van der Waals surface area (Å²) >= 11 is 0. The van der Waals surface area contributed by atoms with Crippen molar-refractivity contribution < 1.29 is 9.53 Å². The van der Waals surface area contributed by atoms with E-state index in [1.54, 1.807) is 12.1 Å². The molecule has 5 nitrogen and oxygen atoms in total. The molecule has 1 N–H and O–H groups in total. The number of benzene rings is 1. The molecule has 20 heavy (non-hydrogen) atoms. The molecule has 106 valence electrons. The van der Waals surface area contributed by atoms with Crippen LogP contribution >= 0.6 is 0 Å². The summed E-state index contributed by atoms with van der Waals surface area (Å²) in [4.78, 5) is 13.7. The number of nitriles is 1. The summed E-state index contributed by atoms with van der Waals surface area (Å²) in [6.45, 7) is 5.48. The number of likely N-dealkylation sites (tertiary alicyclic amines) is 1.